The summed E-state index contributed by atoms with van der Waals surface area (Å²) in [5.41, 5.74) is 0. The van der Waals surface area contributed by atoms with Crippen LogP contribution in [0, 0.1) is 0 Å². The molecule has 0 aliphatic heterocycles. The fraction of sp³-hybridized carbons (Fsp3) is 1.00. The lowest BCUT2D eigenvalue weighted by Crippen LogP contribution is -2.64. The Morgan fingerprint density at radius 3 is 1.20 bits per heavy atom. The third-order valence-electron chi connectivity index (χ3n) is 0. The summed E-state index contributed by atoms with van der Waals surface area (Å²) in [7, 11) is 0. The maximum Gasteiger partial charge on any atom is -0.107 e. The SMILES string of the molecule is CC([O-])([O-])[O-]. The van der Waals surface area contributed by atoms with E-state index in [9.17, 15) is 0 Å². The third-order valence-corrected chi connectivity index (χ3v) is 0. The van der Waals surface area contributed by atoms with Gasteiger partial charge in [0.15, 0.2) is 0 Å². The van der Waals surface area contributed by atoms with Crippen LogP contribution in [0.1, 0.15) is 6.92 Å². The molecule has 0 saturated heterocycles. The summed E-state index contributed by atoms with van der Waals surface area (Å²) < 4.78 is 0. The molecule has 3 heteroatoms. The van der Waals surface area contributed by atoms with Gasteiger partial charge in [-0.2, -0.15) is 0 Å². The van der Waals surface area contributed by atoms with Gasteiger partial charge in [0, 0.05) is 0 Å². The lowest BCUT2D eigenvalue weighted by atomic mass is 10.7. The van der Waals surface area contributed by atoms with Crippen LogP contribution in [0.4, 0.5) is 0 Å². The second kappa shape index (κ2) is 0.931. The van der Waals surface area contributed by atoms with Gasteiger partial charge in [0.1, 0.15) is 0 Å². The first-order valence-corrected chi connectivity index (χ1v) is 1.11. The summed E-state index contributed by atoms with van der Waals surface area (Å²) in [5, 5.41) is 27.0. The van der Waals surface area contributed by atoms with Crippen molar-refractivity contribution in [3.8, 4) is 0 Å². The molecule has 0 N–H and O–H groups in total. The highest BCUT2D eigenvalue weighted by Crippen LogP contribution is 1.58. The van der Waals surface area contributed by atoms with E-state index in [1.165, 1.54) is 0 Å². The molecule has 0 radical (unpaired) electrons. The fourth-order valence-electron chi connectivity index (χ4n) is 0. The molecule has 0 fully saturated rings. The van der Waals surface area contributed by atoms with E-state index in [0.29, 0.717) is 6.92 Å². The molecule has 0 saturated carbocycles. The van der Waals surface area contributed by atoms with Crippen molar-refractivity contribution in [2.24, 2.45) is 0 Å². The Morgan fingerprint density at radius 1 is 1.20 bits per heavy atom. The highest BCUT2D eigenvalue weighted by molar-refractivity contribution is 4.09. The zero-order valence-corrected chi connectivity index (χ0v) is 2.72. The van der Waals surface area contributed by atoms with E-state index in [1.54, 1.807) is 0 Å². The number of hydrogen-bond donors (Lipinski definition) is 0. The minimum absolute atomic E-state index is 0.521. The highest BCUT2D eigenvalue weighted by Gasteiger charge is 1.53. The molecule has 0 unspecified atom stereocenters. The Balaban J connectivity index is 3.02. The topological polar surface area (TPSA) is 69.2 Å². The summed E-state index contributed by atoms with van der Waals surface area (Å²) in [6.45, 7) is 0.521. The van der Waals surface area contributed by atoms with Gasteiger partial charge in [-0.05, 0) is 0 Å². The number of hydrogen-bond acceptors (Lipinski definition) is 3. The Kier molecular flexibility index (Phi) is 0.908. The summed E-state index contributed by atoms with van der Waals surface area (Å²) in [5.74, 6) is -3.25. The van der Waals surface area contributed by atoms with Crippen LogP contribution in [0.2, 0.25) is 0 Å². The van der Waals surface area contributed by atoms with Crippen molar-refractivity contribution in [1.82, 2.24) is 0 Å². The highest BCUT2D eigenvalue weighted by atomic mass is 16.7. The minimum atomic E-state index is -3.25. The quantitative estimate of drug-likeness (QED) is 0.284. The first kappa shape index (κ1) is 4.88. The Morgan fingerprint density at radius 2 is 1.20 bits per heavy atom. The van der Waals surface area contributed by atoms with Crippen LogP contribution in [0.3, 0.4) is 0 Å². The van der Waals surface area contributed by atoms with Crippen LogP contribution in [0.5, 0.6) is 0 Å². The lowest BCUT2D eigenvalue weighted by molar-refractivity contribution is -0.897. The summed E-state index contributed by atoms with van der Waals surface area (Å²) in [6.07, 6.45) is 0. The van der Waals surface area contributed by atoms with E-state index < -0.39 is 5.97 Å². The van der Waals surface area contributed by atoms with E-state index in [0.717, 1.165) is 0 Å². The molecule has 0 aliphatic carbocycles. The Hall–Kier alpha value is -0.120. The van der Waals surface area contributed by atoms with Crippen LogP contribution in [-0.2, 0) is 0 Å². The lowest BCUT2D eigenvalue weighted by Gasteiger charge is -2.54. The molecule has 0 aromatic rings. The molecular formula is C2H3O3-3. The number of rotatable bonds is 0. The van der Waals surface area contributed by atoms with E-state index in [2.05, 4.69) is 0 Å². The average molecular weight is 75.0 g/mol. The van der Waals surface area contributed by atoms with Crippen molar-refractivity contribution >= 4 is 0 Å². The maximum atomic E-state index is 8.99. The smallest absolute Gasteiger partial charge is 0.107 e. The van der Waals surface area contributed by atoms with Gasteiger partial charge < -0.3 is 21.3 Å². The third kappa shape index (κ3) is 952. The molecule has 32 valence electrons. The van der Waals surface area contributed by atoms with Gasteiger partial charge >= 0.3 is 0 Å². The molecule has 0 aromatic carbocycles. The predicted molar refractivity (Wildman–Crippen MR) is 8.41 cm³/mol. The van der Waals surface area contributed by atoms with Crippen molar-refractivity contribution in [3.05, 3.63) is 0 Å². The van der Waals surface area contributed by atoms with E-state index in [1.807, 2.05) is 0 Å². The van der Waals surface area contributed by atoms with Gasteiger partial charge in [0.05, 0.1) is 0 Å². The molecule has 3 nitrogen and oxygen atoms in total. The monoisotopic (exact) mass is 75.0 g/mol. The zero-order chi connectivity index (χ0) is 4.50. The fourth-order valence-corrected chi connectivity index (χ4v) is 0. The Labute approximate surface area is 29.5 Å². The van der Waals surface area contributed by atoms with Crippen LogP contribution in [0.15, 0.2) is 0 Å². The van der Waals surface area contributed by atoms with Gasteiger partial charge in [0.2, 0.25) is 0 Å². The van der Waals surface area contributed by atoms with E-state index >= 15 is 0 Å². The zero-order valence-electron chi connectivity index (χ0n) is 2.72. The van der Waals surface area contributed by atoms with Crippen molar-refractivity contribution in [1.29, 1.82) is 0 Å². The van der Waals surface area contributed by atoms with Crippen molar-refractivity contribution in [2.75, 3.05) is 0 Å². The van der Waals surface area contributed by atoms with Crippen LogP contribution >= 0.6 is 0 Å². The molecule has 0 spiro atoms. The maximum absolute atomic E-state index is 8.99. The normalized spacial score (nSPS) is 12.0. The van der Waals surface area contributed by atoms with Crippen LogP contribution in [-0.4, -0.2) is 5.97 Å². The molecule has 0 bridgehead atoms. The first-order chi connectivity index (χ1) is 2.00. The molecule has 0 heterocycles. The van der Waals surface area contributed by atoms with E-state index in [-0.39, 0.29) is 0 Å². The van der Waals surface area contributed by atoms with Crippen molar-refractivity contribution < 1.29 is 15.3 Å². The van der Waals surface area contributed by atoms with E-state index in [4.69, 9.17) is 15.3 Å². The van der Waals surface area contributed by atoms with Gasteiger partial charge in [-0.15, -0.1) is 6.92 Å². The summed E-state index contributed by atoms with van der Waals surface area (Å²) in [4.78, 5) is 0. The second-order valence-electron chi connectivity index (χ2n) is 0.862. The van der Waals surface area contributed by atoms with Crippen molar-refractivity contribution in [3.63, 3.8) is 0 Å². The molecular weight excluding hydrogens is 72.0 g/mol. The van der Waals surface area contributed by atoms with Crippen LogP contribution in [0.25, 0.3) is 0 Å². The average Bonchev–Trinajstić information content (AvgIpc) is 0.722. The predicted octanol–water partition coefficient (Wildman–Crippen LogP) is -3.26. The molecule has 0 atom stereocenters. The largest absolute Gasteiger partial charge is 0.877 e. The van der Waals surface area contributed by atoms with Crippen LogP contribution < -0.4 is 15.3 Å². The first-order valence-electron chi connectivity index (χ1n) is 1.11. The molecule has 0 amide bonds. The minimum Gasteiger partial charge on any atom is -0.877 e. The van der Waals surface area contributed by atoms with Crippen molar-refractivity contribution in [2.45, 2.75) is 12.9 Å². The van der Waals surface area contributed by atoms with Gasteiger partial charge in [-0.3, -0.25) is 0 Å². The standard InChI is InChI=1S/C2H3O3/c1-2(3,4)5/h1H3/q-3. The molecule has 0 aromatic heterocycles. The summed E-state index contributed by atoms with van der Waals surface area (Å²) in [6, 6.07) is 0. The molecule has 0 aliphatic rings. The van der Waals surface area contributed by atoms with Gasteiger partial charge in [0.25, 0.3) is 0 Å². The van der Waals surface area contributed by atoms with Gasteiger partial charge in [-0.1, -0.05) is 0 Å². The van der Waals surface area contributed by atoms with Gasteiger partial charge in [-0.25, -0.2) is 0 Å². The summed E-state index contributed by atoms with van der Waals surface area (Å²) >= 11 is 0. The molecule has 0 rings (SSSR count). The Bertz CT molecular complexity index is 20.4. The second-order valence-corrected chi connectivity index (χ2v) is 0.862. The molecule has 5 heavy (non-hydrogen) atoms.